The number of benzene rings is 2. The van der Waals surface area contributed by atoms with Gasteiger partial charge >= 0.3 is 24.0 Å². The number of pyridine rings is 2. The van der Waals surface area contributed by atoms with E-state index in [1.54, 1.807) is 25.1 Å². The largest absolute Gasteiger partial charge is 0.481 e. The maximum atomic E-state index is 13.9. The molecule has 2 aromatic carbocycles. The summed E-state index contributed by atoms with van der Waals surface area (Å²) in [5, 5.41) is 70.6. The van der Waals surface area contributed by atoms with Crippen LogP contribution in [0.1, 0.15) is 74.3 Å². The molecule has 10 N–H and O–H groups in total. The zero-order valence-corrected chi connectivity index (χ0v) is 39.4. The Labute approximate surface area is 413 Å². The van der Waals surface area contributed by atoms with Crippen molar-refractivity contribution in [1.82, 2.24) is 25.5 Å². The van der Waals surface area contributed by atoms with Crippen LogP contribution in [0.15, 0.2) is 41.2 Å². The van der Waals surface area contributed by atoms with Crippen LogP contribution in [-0.4, -0.2) is 127 Å². The van der Waals surface area contributed by atoms with Crippen LogP contribution in [0.2, 0.25) is 0 Å². The van der Waals surface area contributed by atoms with Gasteiger partial charge in [-0.25, -0.2) is 19.4 Å². The van der Waals surface area contributed by atoms with E-state index < -0.39 is 90.2 Å². The van der Waals surface area contributed by atoms with Crippen molar-refractivity contribution in [3.05, 3.63) is 74.6 Å². The molecule has 0 fully saturated rings. The lowest BCUT2D eigenvalue weighted by Gasteiger charge is -2.31. The summed E-state index contributed by atoms with van der Waals surface area (Å²) in [6.45, 7) is 2.72. The summed E-state index contributed by atoms with van der Waals surface area (Å²) >= 11 is 0. The second-order valence-corrected chi connectivity index (χ2v) is 17.2. The number of anilines is 1. The molecule has 0 bridgehead atoms. The van der Waals surface area contributed by atoms with Gasteiger partial charge < -0.3 is 84.9 Å². The number of carboxylic acids is 2. The lowest BCUT2D eigenvalue weighted by Crippen LogP contribution is -2.44. The zero-order chi connectivity index (χ0) is 52.9. The number of aliphatic hydroxyl groups is 4. The Kier molecular flexibility index (Phi) is 16.1. The van der Waals surface area contributed by atoms with Gasteiger partial charge in [0.15, 0.2) is 23.2 Å². The van der Waals surface area contributed by atoms with Gasteiger partial charge in [0.25, 0.3) is 11.8 Å². The second-order valence-electron chi connectivity index (χ2n) is 17.2. The van der Waals surface area contributed by atoms with E-state index in [4.69, 9.17) is 38.5 Å². The number of aliphatic hydroxyl groups excluding tert-OH is 2. The molecule has 4 aromatic rings. The molecule has 73 heavy (non-hydrogen) atoms. The Morgan fingerprint density at radius 2 is 1.56 bits per heavy atom. The first-order valence-corrected chi connectivity index (χ1v) is 22.8. The van der Waals surface area contributed by atoms with E-state index in [0.717, 1.165) is 6.92 Å². The van der Waals surface area contributed by atoms with Crippen molar-refractivity contribution in [2.24, 2.45) is 5.92 Å². The highest BCUT2D eigenvalue weighted by Gasteiger charge is 2.45. The van der Waals surface area contributed by atoms with E-state index in [0.29, 0.717) is 44.9 Å². The lowest BCUT2D eigenvalue weighted by atomic mass is 9.86. The SMILES string of the molecule is CC[C@@]1(O)C(=O)OCc2c1cc1n(c2=O)Cc2c-1nc1cc3c(cc1c2CNC(=O)OCc1ccc(OC(OC(C(=O)O)[C@H](C)O)C(O)O)c(NC(=O)CCNC(=O)CCNC(=O)CC(C)C(=O)O)c1)OCO3. The van der Waals surface area contributed by atoms with Gasteiger partial charge in [-0.15, -0.1) is 0 Å². The van der Waals surface area contributed by atoms with Gasteiger partial charge in [-0.3, -0.25) is 24.0 Å². The number of alkyl carbamates (subject to hydrolysis) is 1. The highest BCUT2D eigenvalue weighted by molar-refractivity contribution is 5.93. The molecule has 7 rings (SSSR count). The van der Waals surface area contributed by atoms with Gasteiger partial charge in [-0.05, 0) is 48.7 Å². The average Bonchev–Trinajstić information content (AvgIpc) is 3.96. The van der Waals surface area contributed by atoms with Crippen molar-refractivity contribution in [3.63, 3.8) is 0 Å². The van der Waals surface area contributed by atoms with Gasteiger partial charge in [-0.2, -0.15) is 0 Å². The first-order chi connectivity index (χ1) is 34.7. The third-order valence-electron chi connectivity index (χ3n) is 12.1. The van der Waals surface area contributed by atoms with E-state index in [1.165, 1.54) is 29.7 Å². The number of rotatable bonds is 22. The highest BCUT2D eigenvalue weighted by Crippen LogP contribution is 2.43. The molecule has 26 heteroatoms. The maximum Gasteiger partial charge on any atom is 0.407 e. The van der Waals surface area contributed by atoms with Gasteiger partial charge in [0, 0.05) is 61.5 Å². The number of amides is 4. The molecular formula is C47H52N6O20. The first kappa shape index (κ1) is 52.9. The molecule has 0 saturated carbocycles. The second kappa shape index (κ2) is 22.2. The number of nitrogens with one attached hydrogen (secondary N) is 4. The number of hydrogen-bond donors (Lipinski definition) is 10. The van der Waals surface area contributed by atoms with Crippen LogP contribution in [0.4, 0.5) is 10.5 Å². The normalized spacial score (nSPS) is 16.7. The van der Waals surface area contributed by atoms with E-state index in [-0.39, 0.29) is 93.4 Å². The summed E-state index contributed by atoms with van der Waals surface area (Å²) in [5.41, 5.74) is -0.120. The highest BCUT2D eigenvalue weighted by atomic mass is 16.7. The van der Waals surface area contributed by atoms with Crippen molar-refractivity contribution in [2.75, 3.05) is 25.2 Å². The Hall–Kier alpha value is -7.91. The molecule has 0 radical (unpaired) electrons. The first-order valence-electron chi connectivity index (χ1n) is 22.8. The van der Waals surface area contributed by atoms with Crippen molar-refractivity contribution in [1.29, 1.82) is 0 Å². The fourth-order valence-electron chi connectivity index (χ4n) is 8.16. The summed E-state index contributed by atoms with van der Waals surface area (Å²) < 4.78 is 34.1. The Morgan fingerprint density at radius 1 is 0.863 bits per heavy atom. The van der Waals surface area contributed by atoms with E-state index in [9.17, 15) is 63.9 Å². The van der Waals surface area contributed by atoms with Crippen LogP contribution in [0.5, 0.6) is 17.2 Å². The van der Waals surface area contributed by atoms with Crippen molar-refractivity contribution < 1.29 is 92.6 Å². The van der Waals surface area contributed by atoms with Crippen LogP contribution in [0.3, 0.4) is 0 Å². The predicted octanol–water partition coefficient (Wildman–Crippen LogP) is 0.163. The van der Waals surface area contributed by atoms with Crippen LogP contribution < -0.4 is 41.0 Å². The van der Waals surface area contributed by atoms with Crippen LogP contribution >= 0.6 is 0 Å². The Morgan fingerprint density at radius 3 is 2.23 bits per heavy atom. The molecule has 390 valence electrons. The van der Waals surface area contributed by atoms with Gasteiger partial charge in [-0.1, -0.05) is 19.9 Å². The van der Waals surface area contributed by atoms with Crippen LogP contribution in [-0.2, 0) is 74.9 Å². The predicted molar refractivity (Wildman–Crippen MR) is 246 cm³/mol. The number of aromatic nitrogens is 2. The van der Waals surface area contributed by atoms with Gasteiger partial charge in [0.1, 0.15) is 19.0 Å². The van der Waals surface area contributed by atoms with Gasteiger partial charge in [0.05, 0.1) is 46.7 Å². The molecule has 3 unspecified atom stereocenters. The molecule has 0 spiro atoms. The molecule has 5 atom stereocenters. The summed E-state index contributed by atoms with van der Waals surface area (Å²) in [6, 6.07) is 8.75. The topological polar surface area (TPSA) is 379 Å². The fourth-order valence-corrected chi connectivity index (χ4v) is 8.16. The average molecular weight is 1020 g/mol. The number of esters is 1. The molecule has 3 aliphatic rings. The smallest absolute Gasteiger partial charge is 0.407 e. The Bertz CT molecular complexity index is 2920. The maximum absolute atomic E-state index is 13.9. The summed E-state index contributed by atoms with van der Waals surface area (Å²) in [7, 11) is 0. The molecule has 0 saturated heterocycles. The van der Waals surface area contributed by atoms with Crippen molar-refractivity contribution >= 4 is 58.3 Å². The van der Waals surface area contributed by atoms with Crippen LogP contribution in [0.25, 0.3) is 22.3 Å². The number of fused-ring (bicyclic) bond motifs is 6. The van der Waals surface area contributed by atoms with Crippen molar-refractivity contribution in [3.8, 4) is 28.6 Å². The minimum atomic E-state index is -2.47. The molecule has 4 amide bonds. The number of cyclic esters (lactones) is 1. The molecule has 26 nitrogen and oxygen atoms in total. The third-order valence-corrected chi connectivity index (χ3v) is 12.1. The number of carboxylic acid groups (broad SMARTS) is 2. The molecule has 5 heterocycles. The molecular weight excluding hydrogens is 969 g/mol. The standard InChI is InChI=1S/C47H52N6O20/c1-4-47(67)28-14-31-38-26(17-53(31)40(58)27(28)19-68-45(47)65)25(24-13-33-34(71-20-70-33)15-29(24)52-38)16-50-46(66)69-18-23-5-6-32(72-44(43(63)64)73-39(22(3)54)42(61)62)30(12-23)51-36(56)8-10-48-35(55)7-9-49-37(57)11-21(2)41(59)60/h5-6,12-15,21-22,39,43-44,54,63-64,67H,4,7-11,16-20H2,1-3H3,(H,48,55)(H,49,57)(H,50,66)(H,51,56)(H,59,60)(H,61,62)/t21?,22-,39?,44?,47-/m0/s1. The minimum absolute atomic E-state index is 0.000126. The summed E-state index contributed by atoms with van der Waals surface area (Å²) in [4.78, 5) is 105. The number of carbonyl (C=O) groups excluding carboxylic acids is 5. The van der Waals surface area contributed by atoms with E-state index in [1.807, 2.05) is 0 Å². The lowest BCUT2D eigenvalue weighted by molar-refractivity contribution is -0.247. The quantitative estimate of drug-likeness (QED) is 0.0326. The van der Waals surface area contributed by atoms with Gasteiger partial charge in [0.2, 0.25) is 30.8 Å². The number of nitrogens with zero attached hydrogens (tertiary/aromatic N) is 2. The van der Waals surface area contributed by atoms with E-state index in [2.05, 4.69) is 21.3 Å². The molecule has 2 aromatic heterocycles. The zero-order valence-electron chi connectivity index (χ0n) is 39.4. The number of ether oxygens (including phenoxy) is 6. The number of aliphatic carboxylic acids is 2. The number of carbonyl (C=O) groups is 7. The molecule has 0 aliphatic carbocycles. The van der Waals surface area contributed by atoms with E-state index >= 15 is 0 Å². The van der Waals surface area contributed by atoms with Crippen molar-refractivity contribution in [2.45, 2.75) is 103 Å². The third kappa shape index (κ3) is 11.7. The monoisotopic (exact) mass is 1020 g/mol. The fraction of sp³-hybridized carbons (Fsp3) is 0.426. The Balaban J connectivity index is 1.07. The van der Waals surface area contributed by atoms with Crippen LogP contribution in [0, 0.1) is 5.92 Å². The minimum Gasteiger partial charge on any atom is -0.481 e. The summed E-state index contributed by atoms with van der Waals surface area (Å²) in [5.74, 6) is -5.94. The number of hydrogen-bond acceptors (Lipinski definition) is 19. The molecule has 3 aliphatic heterocycles. The summed E-state index contributed by atoms with van der Waals surface area (Å²) in [6.07, 6.45) is -10.0.